The summed E-state index contributed by atoms with van der Waals surface area (Å²) in [6.07, 6.45) is 7.23. The van der Waals surface area contributed by atoms with Gasteiger partial charge in [-0.1, -0.05) is 30.3 Å². The zero-order valence-corrected chi connectivity index (χ0v) is 20.0. The second-order valence-electron chi connectivity index (χ2n) is 8.20. The Labute approximate surface area is 205 Å². The van der Waals surface area contributed by atoms with E-state index < -0.39 is 10.0 Å². The van der Waals surface area contributed by atoms with E-state index in [0.717, 1.165) is 24.8 Å². The van der Waals surface area contributed by atoms with E-state index in [-0.39, 0.29) is 17.9 Å². The third-order valence-electron chi connectivity index (χ3n) is 5.82. The molecule has 2 aromatic carbocycles. The molecule has 0 aliphatic heterocycles. The van der Waals surface area contributed by atoms with Crippen molar-refractivity contribution in [3.8, 4) is 17.0 Å². The van der Waals surface area contributed by atoms with Crippen LogP contribution in [0.25, 0.3) is 11.3 Å². The van der Waals surface area contributed by atoms with Gasteiger partial charge in [-0.25, -0.2) is 13.4 Å². The van der Waals surface area contributed by atoms with Crippen LogP contribution in [-0.4, -0.2) is 34.3 Å². The van der Waals surface area contributed by atoms with Crippen molar-refractivity contribution in [1.29, 1.82) is 0 Å². The number of hydrogen-bond donors (Lipinski definition) is 3. The first-order valence-electron chi connectivity index (χ1n) is 11.9. The summed E-state index contributed by atoms with van der Waals surface area (Å²) in [7, 11) is -3.52. The third kappa shape index (κ3) is 5.27. The molecule has 10 heteroatoms. The fourth-order valence-corrected chi connectivity index (χ4v) is 4.70. The van der Waals surface area contributed by atoms with Crippen LogP contribution in [0.4, 0.5) is 17.3 Å². The van der Waals surface area contributed by atoms with Crippen molar-refractivity contribution in [3.63, 3.8) is 0 Å². The van der Waals surface area contributed by atoms with E-state index in [9.17, 15) is 8.42 Å². The number of aromatic amines is 1. The van der Waals surface area contributed by atoms with Crippen LogP contribution < -0.4 is 14.8 Å². The first kappa shape index (κ1) is 21.6. The highest BCUT2D eigenvalue weighted by atomic mass is 32.2. The molecule has 35 heavy (non-hydrogen) atoms. The Hall–Kier alpha value is -3.92. The van der Waals surface area contributed by atoms with Crippen LogP contribution in [-0.2, 0) is 16.4 Å². The lowest BCUT2D eigenvalue weighted by Crippen LogP contribution is -2.18. The Kier molecular flexibility index (Phi) is 6.02. The molecule has 9 nitrogen and oxygen atoms in total. The Bertz CT molecular complexity index is 1480. The van der Waals surface area contributed by atoms with E-state index in [1.165, 1.54) is 5.56 Å². The highest BCUT2D eigenvalue weighted by Gasteiger charge is 2.23. The van der Waals surface area contributed by atoms with E-state index in [2.05, 4.69) is 42.3 Å². The monoisotopic (exact) mass is 491 g/mol. The average Bonchev–Trinajstić information content (AvgIpc) is 3.25. The van der Waals surface area contributed by atoms with Gasteiger partial charge < -0.3 is 10.1 Å². The van der Waals surface area contributed by atoms with Gasteiger partial charge in [0.2, 0.25) is 10.0 Å². The van der Waals surface area contributed by atoms with E-state index in [0.29, 0.717) is 34.3 Å². The van der Waals surface area contributed by atoms with Gasteiger partial charge in [0.1, 0.15) is 23.5 Å². The summed E-state index contributed by atoms with van der Waals surface area (Å²) in [6, 6.07) is 13.4. The first-order valence-corrected chi connectivity index (χ1v) is 13.1. The van der Waals surface area contributed by atoms with Gasteiger partial charge in [0.15, 0.2) is 0 Å². The quantitative estimate of drug-likeness (QED) is 0.323. The van der Waals surface area contributed by atoms with Gasteiger partial charge in [0.25, 0.3) is 0 Å². The maximum atomic E-state index is 12.4. The van der Waals surface area contributed by atoms with Crippen LogP contribution in [0.15, 0.2) is 67.1 Å². The second-order valence-corrected chi connectivity index (χ2v) is 10.2. The van der Waals surface area contributed by atoms with Crippen LogP contribution >= 0.6 is 0 Å². The smallest absolute Gasteiger partial charge is 0.232 e. The van der Waals surface area contributed by atoms with Gasteiger partial charge in [-0.05, 0) is 49.4 Å². The Balaban J connectivity index is 1.50. The zero-order valence-electron chi connectivity index (χ0n) is 20.2. The molecule has 2 heterocycles. The molecule has 0 spiro atoms. The molecule has 3 N–H and O–H groups in total. The molecule has 1 aliphatic carbocycles. The predicted octanol–water partition coefficient (Wildman–Crippen LogP) is 4.83. The van der Waals surface area contributed by atoms with Crippen LogP contribution in [0.5, 0.6) is 5.75 Å². The van der Waals surface area contributed by atoms with Gasteiger partial charge in [-0.2, -0.15) is 5.10 Å². The van der Waals surface area contributed by atoms with E-state index in [1.54, 1.807) is 43.7 Å². The fraction of sp³-hybridized carbons (Fsp3) is 0.240. The fourth-order valence-electron chi connectivity index (χ4n) is 4.05. The second kappa shape index (κ2) is 9.75. The van der Waals surface area contributed by atoms with Gasteiger partial charge >= 0.3 is 0 Å². The number of H-pyrrole nitrogens is 1. The molecule has 0 bridgehead atoms. The van der Waals surface area contributed by atoms with Gasteiger partial charge in [0, 0.05) is 24.0 Å². The summed E-state index contributed by atoms with van der Waals surface area (Å²) in [5, 5.41) is 10.1. The van der Waals surface area contributed by atoms with Gasteiger partial charge in [-0.3, -0.25) is 14.8 Å². The van der Waals surface area contributed by atoms with Crippen LogP contribution in [0.1, 0.15) is 38.4 Å². The molecule has 180 valence electrons. The lowest BCUT2D eigenvalue weighted by atomic mass is 9.89. The number of sulfonamides is 1. The van der Waals surface area contributed by atoms with Gasteiger partial charge in [-0.15, -0.1) is 0 Å². The number of aryl methyl sites for hydroxylation is 1. The van der Waals surface area contributed by atoms with Crippen molar-refractivity contribution in [2.24, 2.45) is 0 Å². The van der Waals surface area contributed by atoms with Crippen LogP contribution in [0.2, 0.25) is 0 Å². The van der Waals surface area contributed by atoms with Crippen molar-refractivity contribution in [2.75, 3.05) is 15.8 Å². The lowest BCUT2D eigenvalue weighted by Gasteiger charge is -2.27. The third-order valence-corrected chi connectivity index (χ3v) is 7.11. The summed E-state index contributed by atoms with van der Waals surface area (Å²) in [5.74, 6) is 1.17. The minimum Gasteiger partial charge on any atom is -0.484 e. The van der Waals surface area contributed by atoms with Crippen molar-refractivity contribution in [2.45, 2.75) is 32.3 Å². The molecule has 2 aromatic heterocycles. The highest BCUT2D eigenvalue weighted by Crippen LogP contribution is 2.38. The summed E-state index contributed by atoms with van der Waals surface area (Å²) in [4.78, 5) is 8.17. The number of nitrogens with one attached hydrogen (secondary N) is 3. The zero-order chi connectivity index (χ0) is 25.1. The summed E-state index contributed by atoms with van der Waals surface area (Å²) < 4.78 is 42.4. The Morgan fingerprint density at radius 3 is 2.94 bits per heavy atom. The first-order chi connectivity index (χ1) is 17.4. The van der Waals surface area contributed by atoms with E-state index >= 15 is 0 Å². The molecule has 1 atom stereocenters. The summed E-state index contributed by atoms with van der Waals surface area (Å²) >= 11 is 0. The maximum Gasteiger partial charge on any atom is 0.232 e. The van der Waals surface area contributed by atoms with E-state index in [1.807, 2.05) is 12.1 Å². The average molecular weight is 492 g/mol. The van der Waals surface area contributed by atoms with Crippen molar-refractivity contribution in [1.82, 2.24) is 20.2 Å². The van der Waals surface area contributed by atoms with Crippen LogP contribution in [0, 0.1) is 0 Å². The van der Waals surface area contributed by atoms with E-state index in [4.69, 9.17) is 6.11 Å². The summed E-state index contributed by atoms with van der Waals surface area (Å²) in [5.41, 5.74) is 3.70. The number of hydrogen-bond acceptors (Lipinski definition) is 7. The molecular weight excluding hydrogens is 464 g/mol. The number of nitrogens with zero attached hydrogens (tertiary/aromatic N) is 3. The highest BCUT2D eigenvalue weighted by molar-refractivity contribution is 7.92. The van der Waals surface area contributed by atoms with Crippen molar-refractivity contribution in [3.05, 3.63) is 78.2 Å². The Morgan fingerprint density at radius 1 is 1.23 bits per heavy atom. The molecule has 4 aromatic rings. The number of rotatable bonds is 8. The minimum atomic E-state index is -3.52. The van der Waals surface area contributed by atoms with Crippen molar-refractivity contribution >= 4 is 27.3 Å². The molecule has 0 saturated heterocycles. The molecule has 1 unspecified atom stereocenters. The maximum absolute atomic E-state index is 12.4. The topological polar surface area (TPSA) is 122 Å². The molecule has 5 rings (SSSR count). The molecule has 0 amide bonds. The standard InChI is InChI=1S/C25H26N6O3S/c1-2-35(32,33)31-20-11-10-18(21-15-24(30-29-21)28-25-16-26-12-13-27-25)14-23(20)34-22-9-5-7-17-6-3-4-8-19(17)22/h3-4,6,8,10-16,22,31H,2,5,7,9H2,1H3,(H2,27,28,29,30)/i15D. The molecule has 1 aliphatic rings. The number of fused-ring (bicyclic) bond motifs is 1. The lowest BCUT2D eigenvalue weighted by molar-refractivity contribution is 0.184. The number of ether oxygens (including phenoxy) is 1. The molecule has 0 saturated carbocycles. The summed E-state index contributed by atoms with van der Waals surface area (Å²) in [6.45, 7) is 1.58. The van der Waals surface area contributed by atoms with Crippen LogP contribution in [0.3, 0.4) is 0 Å². The van der Waals surface area contributed by atoms with Crippen molar-refractivity contribution < 1.29 is 14.5 Å². The Morgan fingerprint density at radius 2 is 2.11 bits per heavy atom. The molecule has 0 radical (unpaired) electrons. The predicted molar refractivity (Wildman–Crippen MR) is 135 cm³/mol. The van der Waals surface area contributed by atoms with Gasteiger partial charge in [0.05, 0.1) is 24.7 Å². The SMILES string of the molecule is [2H]c1c(-c2ccc(NS(=O)(=O)CC)c(OC3CCCc4ccccc43)c2)n[nH]c1Nc1cnccn1. The molecular formula is C25H26N6O3S. The normalized spacial score (nSPS) is 15.7. The number of aromatic nitrogens is 4. The number of anilines is 3. The molecule has 0 fully saturated rings. The minimum absolute atomic E-state index is 0.0614. The largest absolute Gasteiger partial charge is 0.484 e. The number of benzene rings is 2.